The maximum atomic E-state index is 12.6. The van der Waals surface area contributed by atoms with Crippen LogP contribution in [0.4, 0.5) is 11.5 Å². The Labute approximate surface area is 185 Å². The van der Waals surface area contributed by atoms with Crippen molar-refractivity contribution in [2.75, 3.05) is 10.5 Å². The molecule has 0 spiro atoms. The standard InChI is InChI=1S/C18H14Cl2N6O2S2/c19-12-7-11(15(20)29-12)30(27,28)26-10-5-3-9(4-6-10)17-22-14(8-1-2-8)13-16(21)24-25-18(13)23-17/h3-8,26H,1-2H2,(H3,21,22,23,24,25). The van der Waals surface area contributed by atoms with Gasteiger partial charge < -0.3 is 5.73 Å². The number of H-pyrrole nitrogens is 1. The molecule has 8 nitrogen and oxygen atoms in total. The second-order valence-corrected chi connectivity index (χ2v) is 10.9. The molecule has 154 valence electrons. The number of nitrogens with two attached hydrogens (primary N) is 1. The average molecular weight is 481 g/mol. The number of hydrogen-bond donors (Lipinski definition) is 3. The summed E-state index contributed by atoms with van der Waals surface area (Å²) in [6.07, 6.45) is 2.12. The number of benzene rings is 1. The lowest BCUT2D eigenvalue weighted by atomic mass is 10.1. The lowest BCUT2D eigenvalue weighted by Crippen LogP contribution is -2.12. The molecule has 5 rings (SSSR count). The average Bonchev–Trinajstić information content (AvgIpc) is 3.40. The van der Waals surface area contributed by atoms with Crippen molar-refractivity contribution in [2.24, 2.45) is 0 Å². The summed E-state index contributed by atoms with van der Waals surface area (Å²) in [6.45, 7) is 0. The zero-order valence-corrected chi connectivity index (χ0v) is 18.3. The van der Waals surface area contributed by atoms with Crippen LogP contribution in [-0.2, 0) is 10.0 Å². The third-order valence-electron chi connectivity index (χ3n) is 4.74. The minimum absolute atomic E-state index is 0.0535. The van der Waals surface area contributed by atoms with Gasteiger partial charge in [-0.3, -0.25) is 9.82 Å². The predicted octanol–water partition coefficient (Wildman–Crippen LogP) is 4.65. The van der Waals surface area contributed by atoms with Crippen molar-refractivity contribution in [1.82, 2.24) is 20.2 Å². The van der Waals surface area contributed by atoms with Crippen LogP contribution in [0.5, 0.6) is 0 Å². The molecule has 1 aromatic carbocycles. The third-order valence-corrected chi connectivity index (χ3v) is 7.88. The Hall–Kier alpha value is -2.40. The number of aromatic amines is 1. The number of hydrogen-bond acceptors (Lipinski definition) is 7. The molecule has 3 heterocycles. The number of fused-ring (bicyclic) bond motifs is 1. The lowest BCUT2D eigenvalue weighted by Gasteiger charge is -2.09. The zero-order valence-electron chi connectivity index (χ0n) is 15.2. The number of nitrogen functional groups attached to an aromatic ring is 1. The summed E-state index contributed by atoms with van der Waals surface area (Å²) in [5.41, 5.74) is 8.52. The van der Waals surface area contributed by atoms with Crippen LogP contribution >= 0.6 is 34.5 Å². The monoisotopic (exact) mass is 480 g/mol. The van der Waals surface area contributed by atoms with Crippen LogP contribution in [0.2, 0.25) is 8.67 Å². The number of halogens is 2. The van der Waals surface area contributed by atoms with E-state index in [2.05, 4.69) is 19.9 Å². The zero-order chi connectivity index (χ0) is 21.0. The number of aromatic nitrogens is 4. The van der Waals surface area contributed by atoms with E-state index in [1.165, 1.54) is 6.07 Å². The topological polar surface area (TPSA) is 127 Å². The first-order valence-corrected chi connectivity index (χ1v) is 12.0. The fourth-order valence-electron chi connectivity index (χ4n) is 3.16. The van der Waals surface area contributed by atoms with Gasteiger partial charge in [0, 0.05) is 17.2 Å². The number of nitrogens with one attached hydrogen (secondary N) is 2. The summed E-state index contributed by atoms with van der Waals surface area (Å²) >= 11 is 12.8. The Morgan fingerprint density at radius 3 is 2.53 bits per heavy atom. The lowest BCUT2D eigenvalue weighted by molar-refractivity contribution is 0.601. The van der Waals surface area contributed by atoms with Crippen molar-refractivity contribution >= 4 is 67.1 Å². The van der Waals surface area contributed by atoms with Crippen LogP contribution in [0.15, 0.2) is 35.2 Å². The van der Waals surface area contributed by atoms with Gasteiger partial charge in [-0.05, 0) is 43.2 Å². The first kappa shape index (κ1) is 19.6. The molecule has 1 aliphatic carbocycles. The fraction of sp³-hybridized carbons (Fsp3) is 0.167. The van der Waals surface area contributed by atoms with E-state index in [4.69, 9.17) is 33.9 Å². The van der Waals surface area contributed by atoms with E-state index in [-0.39, 0.29) is 9.23 Å². The van der Waals surface area contributed by atoms with Crippen molar-refractivity contribution in [3.63, 3.8) is 0 Å². The van der Waals surface area contributed by atoms with Crippen LogP contribution in [0.25, 0.3) is 22.4 Å². The Morgan fingerprint density at radius 2 is 1.90 bits per heavy atom. The molecule has 0 radical (unpaired) electrons. The van der Waals surface area contributed by atoms with E-state index in [0.29, 0.717) is 33.2 Å². The summed E-state index contributed by atoms with van der Waals surface area (Å²) < 4.78 is 28.0. The van der Waals surface area contributed by atoms with E-state index < -0.39 is 10.0 Å². The van der Waals surface area contributed by atoms with Crippen molar-refractivity contribution < 1.29 is 8.42 Å². The number of sulfonamides is 1. The number of thiophene rings is 1. The van der Waals surface area contributed by atoms with Gasteiger partial charge in [0.25, 0.3) is 10.0 Å². The highest BCUT2D eigenvalue weighted by Crippen LogP contribution is 2.43. The maximum Gasteiger partial charge on any atom is 0.264 e. The molecule has 4 N–H and O–H groups in total. The third kappa shape index (κ3) is 3.49. The van der Waals surface area contributed by atoms with Crippen LogP contribution in [0.3, 0.4) is 0 Å². The van der Waals surface area contributed by atoms with Crippen molar-refractivity contribution in [3.05, 3.63) is 44.7 Å². The molecule has 0 bridgehead atoms. The Bertz CT molecular complexity index is 1380. The number of rotatable bonds is 5. The number of nitrogens with zero attached hydrogens (tertiary/aromatic N) is 3. The van der Waals surface area contributed by atoms with Gasteiger partial charge in [-0.2, -0.15) is 5.10 Å². The van der Waals surface area contributed by atoms with Crippen molar-refractivity contribution in [2.45, 2.75) is 23.7 Å². The number of anilines is 2. The molecule has 1 aliphatic rings. The van der Waals surface area contributed by atoms with E-state index >= 15 is 0 Å². The smallest absolute Gasteiger partial charge is 0.264 e. The second-order valence-electron chi connectivity index (χ2n) is 6.91. The van der Waals surface area contributed by atoms with Gasteiger partial charge in [0.1, 0.15) is 15.0 Å². The first-order valence-electron chi connectivity index (χ1n) is 8.91. The Kier molecular flexibility index (Phi) is 4.62. The van der Waals surface area contributed by atoms with Crippen LogP contribution in [-0.4, -0.2) is 28.6 Å². The Balaban J connectivity index is 1.46. The van der Waals surface area contributed by atoms with Gasteiger partial charge in [0.2, 0.25) is 0 Å². The van der Waals surface area contributed by atoms with Gasteiger partial charge >= 0.3 is 0 Å². The summed E-state index contributed by atoms with van der Waals surface area (Å²) in [7, 11) is -3.85. The summed E-state index contributed by atoms with van der Waals surface area (Å²) in [6, 6.07) is 8.08. The van der Waals surface area contributed by atoms with Crippen LogP contribution in [0.1, 0.15) is 24.5 Å². The van der Waals surface area contributed by atoms with Gasteiger partial charge in [0.05, 0.1) is 15.4 Å². The molecule has 12 heteroatoms. The minimum Gasteiger partial charge on any atom is -0.383 e. The predicted molar refractivity (Wildman–Crippen MR) is 119 cm³/mol. The van der Waals surface area contributed by atoms with Crippen molar-refractivity contribution in [3.8, 4) is 11.4 Å². The fourth-order valence-corrected chi connectivity index (χ4v) is 6.37. The molecule has 0 atom stereocenters. The van der Waals surface area contributed by atoms with Crippen LogP contribution < -0.4 is 10.5 Å². The van der Waals surface area contributed by atoms with Crippen molar-refractivity contribution in [1.29, 1.82) is 0 Å². The molecule has 1 saturated carbocycles. The van der Waals surface area contributed by atoms with Gasteiger partial charge in [-0.25, -0.2) is 18.4 Å². The summed E-state index contributed by atoms with van der Waals surface area (Å²) in [4.78, 5) is 9.16. The summed E-state index contributed by atoms with van der Waals surface area (Å²) in [5.74, 6) is 1.34. The van der Waals surface area contributed by atoms with E-state index in [1.807, 2.05) is 0 Å². The quantitative estimate of drug-likeness (QED) is 0.381. The molecule has 0 saturated heterocycles. The van der Waals surface area contributed by atoms with E-state index in [0.717, 1.165) is 40.8 Å². The van der Waals surface area contributed by atoms with E-state index in [1.54, 1.807) is 24.3 Å². The first-order chi connectivity index (χ1) is 14.3. The normalized spacial score (nSPS) is 14.3. The molecule has 3 aromatic heterocycles. The van der Waals surface area contributed by atoms with Gasteiger partial charge in [-0.1, -0.05) is 23.2 Å². The summed E-state index contributed by atoms with van der Waals surface area (Å²) in [5, 5.41) is 7.71. The highest BCUT2D eigenvalue weighted by atomic mass is 35.5. The molecule has 0 amide bonds. The van der Waals surface area contributed by atoms with Gasteiger partial charge in [-0.15, -0.1) is 11.3 Å². The maximum absolute atomic E-state index is 12.6. The second kappa shape index (κ2) is 7.09. The molecule has 30 heavy (non-hydrogen) atoms. The molecule has 0 aliphatic heterocycles. The molecule has 4 aromatic rings. The molecule has 0 unspecified atom stereocenters. The Morgan fingerprint density at radius 1 is 1.17 bits per heavy atom. The largest absolute Gasteiger partial charge is 0.383 e. The molecular weight excluding hydrogens is 467 g/mol. The van der Waals surface area contributed by atoms with Gasteiger partial charge in [0.15, 0.2) is 11.5 Å². The highest BCUT2D eigenvalue weighted by molar-refractivity contribution is 7.93. The van der Waals surface area contributed by atoms with Crippen LogP contribution in [0, 0.1) is 0 Å². The molecule has 1 fully saturated rings. The van der Waals surface area contributed by atoms with E-state index in [9.17, 15) is 8.42 Å². The molecular formula is C18H14Cl2N6O2S2. The minimum atomic E-state index is -3.85. The highest BCUT2D eigenvalue weighted by Gasteiger charge is 2.30. The SMILES string of the molecule is Nc1[nH]nc2nc(-c3ccc(NS(=O)(=O)c4cc(Cl)sc4Cl)cc3)nc(C3CC3)c12.